The van der Waals surface area contributed by atoms with E-state index in [4.69, 9.17) is 0 Å². The van der Waals surface area contributed by atoms with E-state index in [2.05, 4.69) is 0 Å². The van der Waals surface area contributed by atoms with E-state index in [9.17, 15) is 26.3 Å². The zero-order chi connectivity index (χ0) is 12.3. The SMILES string of the molecule is CC[As](CC)C(=CC(F)(F)F)C(F)(F)F. The fraction of sp³-hybridized carbons (Fsp3) is 0.750. The topological polar surface area (TPSA) is 0 Å². The molecular weight excluding hydrogens is 285 g/mol. The molecule has 0 saturated carbocycles. The first-order valence-corrected chi connectivity index (χ1v) is 7.82. The van der Waals surface area contributed by atoms with Crippen LogP contribution in [-0.4, -0.2) is 27.0 Å². The molecule has 0 nitrogen and oxygen atoms in total. The van der Waals surface area contributed by atoms with Crippen LogP contribution in [0.1, 0.15) is 13.8 Å². The van der Waals surface area contributed by atoms with Gasteiger partial charge in [0.2, 0.25) is 0 Å². The summed E-state index contributed by atoms with van der Waals surface area (Å²) in [5, 5.41) is 0.371. The molecule has 0 spiro atoms. The average Bonchev–Trinajstić information content (AvgIpc) is 2.01. The first kappa shape index (κ1) is 14.9. The molecule has 0 unspecified atom stereocenters. The second kappa shape index (κ2) is 5.28. The molecule has 0 aromatic carbocycles. The Morgan fingerprint density at radius 2 is 1.40 bits per heavy atom. The van der Waals surface area contributed by atoms with E-state index in [1.165, 1.54) is 13.8 Å². The molecular formula is C8H11AsF6. The van der Waals surface area contributed by atoms with Crippen LogP contribution in [0.25, 0.3) is 0 Å². The van der Waals surface area contributed by atoms with E-state index in [0.717, 1.165) is 0 Å². The number of hydrogen-bond donors (Lipinski definition) is 0. The van der Waals surface area contributed by atoms with E-state index >= 15 is 0 Å². The molecule has 0 aliphatic carbocycles. The van der Waals surface area contributed by atoms with Crippen LogP contribution in [0, 0.1) is 0 Å². The van der Waals surface area contributed by atoms with Crippen molar-refractivity contribution < 1.29 is 26.3 Å². The van der Waals surface area contributed by atoms with Crippen LogP contribution in [0.2, 0.25) is 10.4 Å². The van der Waals surface area contributed by atoms with Gasteiger partial charge in [-0.25, -0.2) is 0 Å². The number of halogens is 6. The van der Waals surface area contributed by atoms with E-state index in [1.807, 2.05) is 0 Å². The average molecular weight is 296 g/mol. The minimum atomic E-state index is -4.89. The summed E-state index contributed by atoms with van der Waals surface area (Å²) < 4.78 is 71.4. The zero-order valence-electron chi connectivity index (χ0n) is 8.21. The molecule has 0 amide bonds. The minimum absolute atomic E-state index is 0.185. The molecule has 0 bridgehead atoms. The van der Waals surface area contributed by atoms with Crippen molar-refractivity contribution >= 4 is 14.7 Å². The summed E-state index contributed by atoms with van der Waals surface area (Å²) in [5.41, 5.74) is 0. The molecule has 7 heteroatoms. The normalized spacial score (nSPS) is 14.9. The van der Waals surface area contributed by atoms with Crippen molar-refractivity contribution in [1.82, 2.24) is 0 Å². The third kappa shape index (κ3) is 5.49. The van der Waals surface area contributed by atoms with Crippen LogP contribution >= 0.6 is 0 Å². The summed E-state index contributed by atoms with van der Waals surface area (Å²) in [6, 6.07) is 0. The summed E-state index contributed by atoms with van der Waals surface area (Å²) in [5.74, 6) is 0. The van der Waals surface area contributed by atoms with Crippen LogP contribution in [0.4, 0.5) is 26.3 Å². The summed E-state index contributed by atoms with van der Waals surface area (Å²) in [6.45, 7) is 3.00. The third-order valence-corrected chi connectivity index (χ3v) is 7.13. The molecule has 15 heavy (non-hydrogen) atoms. The van der Waals surface area contributed by atoms with E-state index in [1.54, 1.807) is 0 Å². The van der Waals surface area contributed by atoms with Crippen LogP contribution < -0.4 is 0 Å². The van der Waals surface area contributed by atoms with Gasteiger partial charge in [-0.3, -0.25) is 0 Å². The molecule has 0 atom stereocenters. The summed E-state index contributed by atoms with van der Waals surface area (Å²) in [7, 11) is 0. The van der Waals surface area contributed by atoms with Crippen molar-refractivity contribution in [3.05, 3.63) is 10.4 Å². The molecule has 0 radical (unpaired) electrons. The van der Waals surface area contributed by atoms with Crippen molar-refractivity contribution in [3.63, 3.8) is 0 Å². The van der Waals surface area contributed by atoms with E-state index in [-0.39, 0.29) is 10.4 Å². The summed E-state index contributed by atoms with van der Waals surface area (Å²) in [6.07, 6.45) is -10.3. The zero-order valence-corrected chi connectivity index (χ0v) is 10.1. The van der Waals surface area contributed by atoms with E-state index in [0.29, 0.717) is 0 Å². The van der Waals surface area contributed by atoms with Gasteiger partial charge >= 0.3 is 88.0 Å². The molecule has 0 saturated heterocycles. The first-order chi connectivity index (χ1) is 6.61. The number of rotatable bonds is 3. The Labute approximate surface area is 88.6 Å². The molecule has 0 aliphatic rings. The number of allylic oxidation sites excluding steroid dienone is 2. The van der Waals surface area contributed by atoms with E-state index < -0.39 is 37.4 Å². The molecule has 0 aromatic rings. The monoisotopic (exact) mass is 296 g/mol. The number of hydrogen-bond acceptors (Lipinski definition) is 0. The van der Waals surface area contributed by atoms with Gasteiger partial charge in [0.15, 0.2) is 0 Å². The Morgan fingerprint density at radius 1 is 1.00 bits per heavy atom. The van der Waals surface area contributed by atoms with Gasteiger partial charge in [-0.1, -0.05) is 0 Å². The molecule has 0 aromatic heterocycles. The Bertz CT molecular complexity index is 222. The van der Waals surface area contributed by atoms with Gasteiger partial charge in [0.1, 0.15) is 0 Å². The van der Waals surface area contributed by atoms with Crippen molar-refractivity contribution in [2.75, 3.05) is 0 Å². The Balaban J connectivity index is 5.15. The first-order valence-electron chi connectivity index (χ1n) is 4.23. The standard InChI is InChI=1S/C8H11AsF6/c1-3-9(4-2)6(8(13,14)15)5-7(10,11)12/h5H,3-4H2,1-2H3. The number of alkyl halides is 6. The van der Waals surface area contributed by atoms with Gasteiger partial charge in [0, 0.05) is 0 Å². The predicted octanol–water partition coefficient (Wildman–Crippen LogP) is 4.11. The van der Waals surface area contributed by atoms with Gasteiger partial charge in [0.25, 0.3) is 0 Å². The van der Waals surface area contributed by atoms with Crippen LogP contribution in [0.5, 0.6) is 0 Å². The van der Waals surface area contributed by atoms with Crippen molar-refractivity contribution in [2.24, 2.45) is 0 Å². The van der Waals surface area contributed by atoms with Crippen LogP contribution in [0.3, 0.4) is 0 Å². The second-order valence-corrected chi connectivity index (χ2v) is 8.67. The molecule has 0 rings (SSSR count). The Kier molecular flexibility index (Phi) is 5.24. The quantitative estimate of drug-likeness (QED) is 0.543. The molecule has 0 heterocycles. The maximum atomic E-state index is 12.3. The second-order valence-electron chi connectivity index (χ2n) is 2.74. The summed E-state index contributed by atoms with van der Waals surface area (Å²) >= 11 is -2.59. The molecule has 0 aliphatic heterocycles. The molecule has 90 valence electrons. The maximum absolute atomic E-state index is 12.3. The van der Waals surface area contributed by atoms with Crippen molar-refractivity contribution in [3.8, 4) is 0 Å². The Morgan fingerprint density at radius 3 is 1.60 bits per heavy atom. The predicted molar refractivity (Wildman–Crippen MR) is 46.9 cm³/mol. The van der Waals surface area contributed by atoms with Crippen LogP contribution in [-0.2, 0) is 0 Å². The Hall–Kier alpha value is -0.122. The van der Waals surface area contributed by atoms with Gasteiger partial charge < -0.3 is 0 Å². The third-order valence-electron chi connectivity index (χ3n) is 1.69. The van der Waals surface area contributed by atoms with Crippen molar-refractivity contribution in [1.29, 1.82) is 0 Å². The molecule has 0 fully saturated rings. The van der Waals surface area contributed by atoms with Crippen molar-refractivity contribution in [2.45, 2.75) is 36.6 Å². The van der Waals surface area contributed by atoms with Crippen LogP contribution in [0.15, 0.2) is 10.4 Å². The van der Waals surface area contributed by atoms with Gasteiger partial charge in [0.05, 0.1) is 0 Å². The fourth-order valence-corrected chi connectivity index (χ4v) is 4.88. The van der Waals surface area contributed by atoms with Gasteiger partial charge in [-0.05, 0) is 0 Å². The fourth-order valence-electron chi connectivity index (χ4n) is 1.07. The summed E-state index contributed by atoms with van der Waals surface area (Å²) in [4.78, 5) is 0. The molecule has 0 N–H and O–H groups in total. The van der Waals surface area contributed by atoms with Gasteiger partial charge in [-0.2, -0.15) is 0 Å². The van der Waals surface area contributed by atoms with Gasteiger partial charge in [-0.15, -0.1) is 0 Å².